The predicted molar refractivity (Wildman–Crippen MR) is 86.4 cm³/mol. The van der Waals surface area contributed by atoms with Gasteiger partial charge in [0.1, 0.15) is 24.2 Å². The molecule has 0 aliphatic carbocycles. The van der Waals surface area contributed by atoms with Gasteiger partial charge in [-0.15, -0.1) is 0 Å². The minimum Gasteiger partial charge on any atom is -0.347 e. The van der Waals surface area contributed by atoms with Gasteiger partial charge in [0.25, 0.3) is 5.91 Å². The van der Waals surface area contributed by atoms with Gasteiger partial charge in [-0.1, -0.05) is 0 Å². The lowest BCUT2D eigenvalue weighted by molar-refractivity contribution is 0.0749. The molecule has 8 heteroatoms. The molecular formula is C16H19N7O. The molecule has 3 aromatic heterocycles. The Hall–Kier alpha value is -2.90. The molecule has 124 valence electrons. The van der Waals surface area contributed by atoms with Gasteiger partial charge in [0, 0.05) is 39.3 Å². The monoisotopic (exact) mass is 325 g/mol. The fourth-order valence-corrected chi connectivity index (χ4v) is 3.15. The number of aryl methyl sites for hydroxylation is 1. The van der Waals surface area contributed by atoms with Gasteiger partial charge in [-0.3, -0.25) is 4.79 Å². The van der Waals surface area contributed by atoms with Crippen LogP contribution in [0.25, 0.3) is 0 Å². The molecule has 0 unspecified atom stereocenters. The molecule has 1 aliphatic heterocycles. The number of fused-ring (bicyclic) bond motifs is 1. The second-order valence-corrected chi connectivity index (χ2v) is 5.96. The highest BCUT2D eigenvalue weighted by Crippen LogP contribution is 2.14. The summed E-state index contributed by atoms with van der Waals surface area (Å²) in [5.41, 5.74) is 1.81. The topological polar surface area (TPSA) is 73.8 Å². The van der Waals surface area contributed by atoms with Crippen molar-refractivity contribution in [3.8, 4) is 0 Å². The van der Waals surface area contributed by atoms with Gasteiger partial charge >= 0.3 is 0 Å². The summed E-state index contributed by atoms with van der Waals surface area (Å²) in [6, 6.07) is 3.76. The van der Waals surface area contributed by atoms with Crippen LogP contribution in [0.5, 0.6) is 0 Å². The van der Waals surface area contributed by atoms with E-state index in [9.17, 15) is 4.79 Å². The molecular weight excluding hydrogens is 306 g/mol. The summed E-state index contributed by atoms with van der Waals surface area (Å²) in [5, 5.41) is 4.15. The number of aromatic nitrogens is 6. The summed E-state index contributed by atoms with van der Waals surface area (Å²) in [6.45, 7) is 2.75. The van der Waals surface area contributed by atoms with Crippen molar-refractivity contribution in [2.45, 2.75) is 19.5 Å². The van der Waals surface area contributed by atoms with Crippen LogP contribution >= 0.6 is 0 Å². The summed E-state index contributed by atoms with van der Waals surface area (Å²) in [6.07, 6.45) is 7.77. The van der Waals surface area contributed by atoms with Crippen molar-refractivity contribution in [1.29, 1.82) is 0 Å². The Morgan fingerprint density at radius 2 is 2.21 bits per heavy atom. The van der Waals surface area contributed by atoms with Crippen LogP contribution in [0.3, 0.4) is 0 Å². The van der Waals surface area contributed by atoms with E-state index >= 15 is 0 Å². The van der Waals surface area contributed by atoms with Crippen molar-refractivity contribution in [3.05, 3.63) is 54.4 Å². The fraction of sp³-hybridized carbons (Fsp3) is 0.375. The van der Waals surface area contributed by atoms with Crippen LogP contribution in [0.15, 0.2) is 37.2 Å². The van der Waals surface area contributed by atoms with Gasteiger partial charge in [0.15, 0.2) is 0 Å². The van der Waals surface area contributed by atoms with Gasteiger partial charge < -0.3 is 14.0 Å². The van der Waals surface area contributed by atoms with E-state index in [1.807, 2.05) is 41.0 Å². The summed E-state index contributed by atoms with van der Waals surface area (Å²) < 4.78 is 5.84. The third kappa shape index (κ3) is 2.60. The van der Waals surface area contributed by atoms with E-state index in [1.54, 1.807) is 11.0 Å². The van der Waals surface area contributed by atoms with Crippen LogP contribution < -0.4 is 0 Å². The van der Waals surface area contributed by atoms with Gasteiger partial charge in [0.05, 0.1) is 18.4 Å². The number of hydrogen-bond donors (Lipinski definition) is 0. The van der Waals surface area contributed by atoms with Crippen molar-refractivity contribution in [1.82, 2.24) is 33.8 Å². The van der Waals surface area contributed by atoms with Crippen LogP contribution in [-0.2, 0) is 26.6 Å². The molecule has 0 saturated heterocycles. The number of nitrogens with zero attached hydrogens (tertiary/aromatic N) is 7. The number of amides is 1. The molecule has 0 fully saturated rings. The third-order valence-electron chi connectivity index (χ3n) is 4.46. The number of carbonyl (C=O) groups excluding carboxylic acids is 1. The highest BCUT2D eigenvalue weighted by Gasteiger charge is 2.23. The van der Waals surface area contributed by atoms with E-state index in [0.29, 0.717) is 19.6 Å². The van der Waals surface area contributed by atoms with Crippen molar-refractivity contribution < 1.29 is 4.79 Å². The Morgan fingerprint density at radius 3 is 2.96 bits per heavy atom. The number of imidazole rings is 1. The normalized spacial score (nSPS) is 14.5. The van der Waals surface area contributed by atoms with Gasteiger partial charge in [-0.2, -0.15) is 5.10 Å². The molecule has 0 atom stereocenters. The highest BCUT2D eigenvalue weighted by molar-refractivity contribution is 5.92. The Labute approximate surface area is 139 Å². The first-order chi connectivity index (χ1) is 11.7. The minimum absolute atomic E-state index is 0.0751. The van der Waals surface area contributed by atoms with E-state index in [4.69, 9.17) is 0 Å². The van der Waals surface area contributed by atoms with E-state index < -0.39 is 0 Å². The van der Waals surface area contributed by atoms with E-state index in [0.717, 1.165) is 30.2 Å². The second kappa shape index (κ2) is 5.95. The zero-order chi connectivity index (χ0) is 16.5. The standard InChI is InChI=1S/C16H19N7O/c1-20-5-2-3-14(20)16(24)21-6-4-15-18-9-13(23(15)8-7-21)10-22-12-17-11-19-22/h2-3,5,9,11-12H,4,6-8,10H2,1H3. The SMILES string of the molecule is Cn1cccc1C(=O)N1CCc2ncc(Cn3cncn3)n2CC1. The van der Waals surface area contributed by atoms with Crippen molar-refractivity contribution in [3.63, 3.8) is 0 Å². The zero-order valence-electron chi connectivity index (χ0n) is 13.5. The first-order valence-electron chi connectivity index (χ1n) is 7.98. The van der Waals surface area contributed by atoms with Gasteiger partial charge in [0.2, 0.25) is 0 Å². The molecule has 8 nitrogen and oxygen atoms in total. The lowest BCUT2D eigenvalue weighted by Crippen LogP contribution is -2.34. The first kappa shape index (κ1) is 14.7. The van der Waals surface area contributed by atoms with Crippen LogP contribution in [0, 0.1) is 0 Å². The van der Waals surface area contributed by atoms with Crippen molar-refractivity contribution in [2.75, 3.05) is 13.1 Å². The molecule has 4 rings (SSSR count). The molecule has 0 radical (unpaired) electrons. The number of rotatable bonds is 3. The van der Waals surface area contributed by atoms with E-state index in [-0.39, 0.29) is 5.91 Å². The Kier molecular flexibility index (Phi) is 3.64. The first-order valence-corrected chi connectivity index (χ1v) is 7.98. The van der Waals surface area contributed by atoms with Crippen LogP contribution in [0.1, 0.15) is 22.0 Å². The van der Waals surface area contributed by atoms with E-state index in [1.165, 1.54) is 6.33 Å². The Morgan fingerprint density at radius 1 is 1.29 bits per heavy atom. The molecule has 0 spiro atoms. The summed E-state index contributed by atoms with van der Waals surface area (Å²) in [4.78, 5) is 23.1. The Bertz CT molecular complexity index is 846. The number of hydrogen-bond acceptors (Lipinski definition) is 4. The maximum atomic E-state index is 12.7. The summed E-state index contributed by atoms with van der Waals surface area (Å²) in [5.74, 6) is 1.10. The van der Waals surface area contributed by atoms with Crippen molar-refractivity contribution >= 4 is 5.91 Å². The van der Waals surface area contributed by atoms with Gasteiger partial charge in [-0.25, -0.2) is 14.6 Å². The molecule has 0 bridgehead atoms. The minimum atomic E-state index is 0.0751. The maximum Gasteiger partial charge on any atom is 0.270 e. The molecule has 24 heavy (non-hydrogen) atoms. The molecule has 0 aromatic carbocycles. The fourth-order valence-electron chi connectivity index (χ4n) is 3.15. The molecule has 1 amide bonds. The molecule has 0 saturated carbocycles. The maximum absolute atomic E-state index is 12.7. The van der Waals surface area contributed by atoms with Crippen LogP contribution in [-0.4, -0.2) is 52.8 Å². The molecule has 1 aliphatic rings. The highest BCUT2D eigenvalue weighted by atomic mass is 16.2. The smallest absolute Gasteiger partial charge is 0.270 e. The average molecular weight is 325 g/mol. The zero-order valence-corrected chi connectivity index (χ0v) is 13.5. The predicted octanol–water partition coefficient (Wildman–Crippen LogP) is 0.560. The van der Waals surface area contributed by atoms with Crippen LogP contribution in [0.2, 0.25) is 0 Å². The Balaban J connectivity index is 1.51. The quantitative estimate of drug-likeness (QED) is 0.705. The summed E-state index contributed by atoms with van der Waals surface area (Å²) in [7, 11) is 1.90. The molecule has 4 heterocycles. The largest absolute Gasteiger partial charge is 0.347 e. The lowest BCUT2D eigenvalue weighted by Gasteiger charge is -2.20. The van der Waals surface area contributed by atoms with Crippen molar-refractivity contribution in [2.24, 2.45) is 7.05 Å². The second-order valence-electron chi connectivity index (χ2n) is 5.96. The summed E-state index contributed by atoms with van der Waals surface area (Å²) >= 11 is 0. The molecule has 0 N–H and O–H groups in total. The molecule has 3 aromatic rings. The third-order valence-corrected chi connectivity index (χ3v) is 4.46. The lowest BCUT2D eigenvalue weighted by atomic mass is 10.3. The average Bonchev–Trinajstić information content (AvgIpc) is 3.28. The van der Waals surface area contributed by atoms with Gasteiger partial charge in [-0.05, 0) is 12.1 Å². The van der Waals surface area contributed by atoms with E-state index in [2.05, 4.69) is 19.6 Å². The number of carbonyl (C=O) groups is 1. The van der Waals surface area contributed by atoms with Crippen LogP contribution in [0.4, 0.5) is 0 Å².